The molecule has 0 saturated carbocycles. The van der Waals surface area contributed by atoms with Gasteiger partial charge in [0.2, 0.25) is 0 Å². The van der Waals surface area contributed by atoms with Crippen LogP contribution in [0.4, 0.5) is 5.82 Å². The van der Waals surface area contributed by atoms with Crippen LogP contribution in [-0.4, -0.2) is 44.5 Å². The van der Waals surface area contributed by atoms with Gasteiger partial charge in [-0.25, -0.2) is 14.3 Å². The third-order valence-electron chi connectivity index (χ3n) is 4.44. The molecule has 3 rings (SSSR count). The van der Waals surface area contributed by atoms with Crippen LogP contribution in [0.25, 0.3) is 10.9 Å². The van der Waals surface area contributed by atoms with Crippen LogP contribution >= 0.6 is 0 Å². The predicted molar refractivity (Wildman–Crippen MR) is 99.6 cm³/mol. The lowest BCUT2D eigenvalue weighted by atomic mass is 10.0. The molecule has 3 aromatic rings. The molecule has 1 aromatic carbocycles. The number of imidazole rings is 1. The van der Waals surface area contributed by atoms with Crippen molar-refractivity contribution < 1.29 is 19.2 Å². The number of ether oxygens (including phenoxy) is 1. The normalized spacial score (nSPS) is 11.9. The molecule has 0 unspecified atom stereocenters. The van der Waals surface area contributed by atoms with E-state index in [9.17, 15) is 19.7 Å². The minimum atomic E-state index is -0.931. The van der Waals surface area contributed by atoms with Gasteiger partial charge in [0.15, 0.2) is 12.4 Å². The summed E-state index contributed by atoms with van der Waals surface area (Å²) in [5, 5.41) is 14.6. The number of amides is 1. The second-order valence-electron chi connectivity index (χ2n) is 6.21. The number of para-hydroxylation sites is 1. The number of benzene rings is 1. The van der Waals surface area contributed by atoms with Gasteiger partial charge in [-0.15, -0.1) is 0 Å². The number of H-pyrrole nitrogens is 1. The number of carbonyl (C=O) groups excluding carboxylic acids is 2. The number of nitrogens with one attached hydrogen (secondary N) is 2. The Morgan fingerprint density at radius 1 is 1.39 bits per heavy atom. The second-order valence-corrected chi connectivity index (χ2v) is 6.21. The zero-order valence-electron chi connectivity index (χ0n) is 15.3. The maximum Gasteiger partial charge on any atom is 0.343 e. The molecule has 0 bridgehead atoms. The molecule has 2 heterocycles. The zero-order chi connectivity index (χ0) is 20.3. The molecule has 2 N–H and O–H groups in total. The lowest BCUT2D eigenvalue weighted by molar-refractivity contribution is -0.392. The van der Waals surface area contributed by atoms with Gasteiger partial charge in [0.25, 0.3) is 5.91 Å². The van der Waals surface area contributed by atoms with Crippen molar-refractivity contribution in [3.63, 3.8) is 0 Å². The summed E-state index contributed by atoms with van der Waals surface area (Å²) >= 11 is 0. The van der Waals surface area contributed by atoms with Gasteiger partial charge in [-0.1, -0.05) is 18.2 Å². The topological polar surface area (TPSA) is 132 Å². The van der Waals surface area contributed by atoms with E-state index >= 15 is 0 Å². The van der Waals surface area contributed by atoms with Gasteiger partial charge in [-0.05, 0) is 16.6 Å². The van der Waals surface area contributed by atoms with E-state index in [1.165, 1.54) is 11.7 Å². The summed E-state index contributed by atoms with van der Waals surface area (Å²) in [7, 11) is 1.24. The minimum Gasteiger partial charge on any atom is -0.467 e. The number of carbonyl (C=O) groups is 2. The molecule has 1 atom stereocenters. The van der Waals surface area contributed by atoms with Crippen molar-refractivity contribution in [3.8, 4) is 0 Å². The lowest BCUT2D eigenvalue weighted by Crippen LogP contribution is -2.44. The maximum atomic E-state index is 12.5. The van der Waals surface area contributed by atoms with Gasteiger partial charge in [-0.3, -0.25) is 4.79 Å². The molecule has 146 valence electrons. The number of nitrogens with zero attached hydrogens (tertiary/aromatic N) is 3. The molecule has 2 aromatic heterocycles. The number of hydrogen-bond acceptors (Lipinski definition) is 6. The van der Waals surface area contributed by atoms with Gasteiger partial charge in [0.1, 0.15) is 12.2 Å². The number of nitro groups is 1. The fourth-order valence-electron chi connectivity index (χ4n) is 3.04. The first kappa shape index (κ1) is 19.1. The molecular formula is C18H19N5O5. The summed E-state index contributed by atoms with van der Waals surface area (Å²) in [5.41, 5.74) is 1.76. The van der Waals surface area contributed by atoms with E-state index in [1.807, 2.05) is 24.3 Å². The summed E-state index contributed by atoms with van der Waals surface area (Å²) in [6.45, 7) is 1.23. The van der Waals surface area contributed by atoms with Gasteiger partial charge in [0, 0.05) is 30.4 Å². The third kappa shape index (κ3) is 3.85. The highest BCUT2D eigenvalue weighted by molar-refractivity contribution is 5.87. The molecule has 28 heavy (non-hydrogen) atoms. The number of fused-ring (bicyclic) bond motifs is 1. The standard InChI is InChI=1S/C18H19N5O5/c1-11-19-9-17(23(26)27)22(11)10-16(24)21-15(18(25)28-2)7-12-8-20-14-6-4-3-5-13(12)14/h3-6,8-9,15,20H,7,10H2,1-2H3,(H,21,24)/t15-/m0/s1. The molecule has 0 spiro atoms. The van der Waals surface area contributed by atoms with Crippen molar-refractivity contribution in [3.05, 3.63) is 58.2 Å². The number of methoxy groups -OCH3 is 1. The number of hydrogen-bond donors (Lipinski definition) is 2. The number of aryl methyl sites for hydroxylation is 1. The molecular weight excluding hydrogens is 366 g/mol. The van der Waals surface area contributed by atoms with Crippen LogP contribution in [0.1, 0.15) is 11.4 Å². The first-order valence-corrected chi connectivity index (χ1v) is 8.49. The minimum absolute atomic E-state index is 0.216. The molecule has 10 nitrogen and oxygen atoms in total. The average Bonchev–Trinajstić information content (AvgIpc) is 3.24. The SMILES string of the molecule is COC(=O)[C@H](Cc1c[nH]c2ccccc12)NC(=O)Cn1c([N+](=O)[O-])cnc1C. The summed E-state index contributed by atoms with van der Waals surface area (Å²) < 4.78 is 5.98. The largest absolute Gasteiger partial charge is 0.467 e. The fourth-order valence-corrected chi connectivity index (χ4v) is 3.04. The summed E-state index contributed by atoms with van der Waals surface area (Å²) in [6, 6.07) is 6.66. The number of rotatable bonds is 7. The fraction of sp³-hybridized carbons (Fsp3) is 0.278. The van der Waals surface area contributed by atoms with Crippen LogP contribution in [0.2, 0.25) is 0 Å². The Kier molecular flexibility index (Phi) is 5.39. The molecule has 0 aliphatic heterocycles. The number of aromatic amines is 1. The molecule has 0 fully saturated rings. The van der Waals surface area contributed by atoms with Crippen molar-refractivity contribution >= 4 is 28.6 Å². The van der Waals surface area contributed by atoms with E-state index in [4.69, 9.17) is 4.74 Å². The lowest BCUT2D eigenvalue weighted by Gasteiger charge is -2.16. The zero-order valence-corrected chi connectivity index (χ0v) is 15.3. The molecule has 0 saturated heterocycles. The van der Waals surface area contributed by atoms with E-state index in [1.54, 1.807) is 13.1 Å². The van der Waals surface area contributed by atoms with Gasteiger partial charge in [0.05, 0.1) is 7.11 Å². The Bertz CT molecular complexity index is 1040. The van der Waals surface area contributed by atoms with Crippen molar-refractivity contribution in [1.82, 2.24) is 19.9 Å². The Morgan fingerprint density at radius 3 is 2.86 bits per heavy atom. The van der Waals surface area contributed by atoms with Crippen LogP contribution in [-0.2, 0) is 27.3 Å². The second kappa shape index (κ2) is 7.91. The van der Waals surface area contributed by atoms with Crippen LogP contribution in [0.3, 0.4) is 0 Å². The quantitative estimate of drug-likeness (QED) is 0.360. The van der Waals surface area contributed by atoms with E-state index < -0.39 is 22.8 Å². The third-order valence-corrected chi connectivity index (χ3v) is 4.44. The highest BCUT2D eigenvalue weighted by Gasteiger charge is 2.26. The Balaban J connectivity index is 1.78. The summed E-state index contributed by atoms with van der Waals surface area (Å²) in [4.78, 5) is 42.1. The van der Waals surface area contributed by atoms with E-state index in [-0.39, 0.29) is 18.8 Å². The van der Waals surface area contributed by atoms with Crippen LogP contribution in [0.15, 0.2) is 36.7 Å². The van der Waals surface area contributed by atoms with Gasteiger partial charge in [-0.2, -0.15) is 0 Å². The predicted octanol–water partition coefficient (Wildman–Crippen LogP) is 1.48. The van der Waals surface area contributed by atoms with Crippen molar-refractivity contribution in [1.29, 1.82) is 0 Å². The molecule has 0 aliphatic carbocycles. The van der Waals surface area contributed by atoms with Crippen LogP contribution < -0.4 is 5.32 Å². The molecule has 10 heteroatoms. The Hall–Kier alpha value is -3.69. The van der Waals surface area contributed by atoms with Crippen molar-refractivity contribution in [2.24, 2.45) is 0 Å². The maximum absolute atomic E-state index is 12.5. The van der Waals surface area contributed by atoms with Crippen LogP contribution in [0.5, 0.6) is 0 Å². The highest BCUT2D eigenvalue weighted by Crippen LogP contribution is 2.19. The Labute approximate surface area is 159 Å². The molecule has 0 aliphatic rings. The van der Waals surface area contributed by atoms with Gasteiger partial charge >= 0.3 is 11.8 Å². The van der Waals surface area contributed by atoms with E-state index in [2.05, 4.69) is 15.3 Å². The average molecular weight is 385 g/mol. The monoisotopic (exact) mass is 385 g/mol. The number of esters is 1. The molecule has 0 radical (unpaired) electrons. The highest BCUT2D eigenvalue weighted by atomic mass is 16.6. The van der Waals surface area contributed by atoms with Crippen molar-refractivity contribution in [2.75, 3.05) is 7.11 Å². The van der Waals surface area contributed by atoms with E-state index in [0.29, 0.717) is 5.82 Å². The van der Waals surface area contributed by atoms with Crippen molar-refractivity contribution in [2.45, 2.75) is 25.9 Å². The first-order valence-electron chi connectivity index (χ1n) is 8.49. The first-order chi connectivity index (χ1) is 13.4. The summed E-state index contributed by atoms with van der Waals surface area (Å²) in [6.07, 6.45) is 3.08. The smallest absolute Gasteiger partial charge is 0.343 e. The van der Waals surface area contributed by atoms with Gasteiger partial charge < -0.3 is 25.2 Å². The Morgan fingerprint density at radius 2 is 2.14 bits per heavy atom. The van der Waals surface area contributed by atoms with Crippen LogP contribution in [0, 0.1) is 17.0 Å². The number of aromatic nitrogens is 3. The van der Waals surface area contributed by atoms with E-state index in [0.717, 1.165) is 22.7 Å². The summed E-state index contributed by atoms with van der Waals surface area (Å²) in [5.74, 6) is -1.12. The molecule has 1 amide bonds.